The Hall–Kier alpha value is -2.28. The molecule has 0 aromatic heterocycles. The Morgan fingerprint density at radius 3 is 2.27 bits per heavy atom. The predicted molar refractivity (Wildman–Crippen MR) is 130 cm³/mol. The molecule has 2 heterocycles. The van der Waals surface area contributed by atoms with Crippen LogP contribution in [0, 0.1) is 12.8 Å². The Morgan fingerprint density at radius 1 is 1.03 bits per heavy atom. The molecule has 0 spiro atoms. The van der Waals surface area contributed by atoms with Gasteiger partial charge < -0.3 is 15.1 Å². The standard InChI is InChI=1S/C25H29Cl2N3O3/c1-16-3-5-17(6-4-16)19-14-22(26)21(23(27)15-19)13-18-7-12-30(24(18)31)20-8-10-29(11-9-20)33-25(32)28-2/h3-6,14-15,18,20H,7-13H2,1-2H3,(H,28,32). The summed E-state index contributed by atoms with van der Waals surface area (Å²) in [6.45, 7) is 4.02. The van der Waals surface area contributed by atoms with Crippen LogP contribution in [0.25, 0.3) is 11.1 Å². The van der Waals surface area contributed by atoms with Crippen LogP contribution in [0.5, 0.6) is 0 Å². The van der Waals surface area contributed by atoms with E-state index in [1.807, 2.05) is 17.0 Å². The fraction of sp³-hybridized carbons (Fsp3) is 0.440. The third-order valence-electron chi connectivity index (χ3n) is 6.61. The molecule has 4 rings (SSSR count). The number of hydrogen-bond donors (Lipinski definition) is 1. The average Bonchev–Trinajstić information content (AvgIpc) is 3.17. The van der Waals surface area contributed by atoms with Gasteiger partial charge in [0, 0.05) is 48.7 Å². The first-order chi connectivity index (χ1) is 15.9. The van der Waals surface area contributed by atoms with Gasteiger partial charge in [-0.1, -0.05) is 53.0 Å². The molecule has 1 atom stereocenters. The van der Waals surface area contributed by atoms with Crippen LogP contribution in [0.2, 0.25) is 10.0 Å². The Balaban J connectivity index is 1.39. The molecule has 2 amide bonds. The van der Waals surface area contributed by atoms with E-state index in [2.05, 4.69) is 36.5 Å². The number of likely N-dealkylation sites (tertiary alicyclic amines) is 1. The minimum atomic E-state index is -0.465. The quantitative estimate of drug-likeness (QED) is 0.634. The van der Waals surface area contributed by atoms with Crippen molar-refractivity contribution < 1.29 is 14.4 Å². The van der Waals surface area contributed by atoms with Gasteiger partial charge in [0.25, 0.3) is 0 Å². The minimum absolute atomic E-state index is 0.120. The van der Waals surface area contributed by atoms with Crippen LogP contribution in [0.15, 0.2) is 36.4 Å². The van der Waals surface area contributed by atoms with Crippen LogP contribution in [0.3, 0.4) is 0 Å². The second-order valence-electron chi connectivity index (χ2n) is 8.79. The third kappa shape index (κ3) is 5.45. The van der Waals surface area contributed by atoms with Crippen molar-refractivity contribution in [3.05, 3.63) is 57.6 Å². The fourth-order valence-electron chi connectivity index (χ4n) is 4.68. The van der Waals surface area contributed by atoms with Gasteiger partial charge in [0.2, 0.25) is 5.91 Å². The lowest BCUT2D eigenvalue weighted by Crippen LogP contribution is -2.47. The van der Waals surface area contributed by atoms with E-state index in [0.29, 0.717) is 29.6 Å². The molecule has 2 saturated heterocycles. The van der Waals surface area contributed by atoms with E-state index in [4.69, 9.17) is 28.0 Å². The van der Waals surface area contributed by atoms with Crippen LogP contribution in [0.4, 0.5) is 4.79 Å². The van der Waals surface area contributed by atoms with E-state index >= 15 is 0 Å². The molecule has 0 radical (unpaired) electrons. The summed E-state index contributed by atoms with van der Waals surface area (Å²) in [5.41, 5.74) is 4.06. The molecular weight excluding hydrogens is 461 g/mol. The monoisotopic (exact) mass is 489 g/mol. The molecule has 2 aromatic carbocycles. The van der Waals surface area contributed by atoms with Gasteiger partial charge in [0.05, 0.1) is 0 Å². The van der Waals surface area contributed by atoms with Crippen LogP contribution in [-0.4, -0.2) is 54.7 Å². The average molecular weight is 490 g/mol. The maximum atomic E-state index is 13.2. The molecule has 2 aliphatic rings. The van der Waals surface area contributed by atoms with Crippen LogP contribution >= 0.6 is 23.2 Å². The predicted octanol–water partition coefficient (Wildman–Crippen LogP) is 5.10. The van der Waals surface area contributed by atoms with Crippen LogP contribution in [-0.2, 0) is 16.1 Å². The molecule has 1 unspecified atom stereocenters. The number of nitrogens with zero attached hydrogens (tertiary/aromatic N) is 2. The number of amides is 2. The van der Waals surface area contributed by atoms with Gasteiger partial charge in [-0.05, 0) is 61.4 Å². The Kier molecular flexibility index (Phi) is 7.47. The van der Waals surface area contributed by atoms with Crippen molar-refractivity contribution in [1.82, 2.24) is 15.3 Å². The highest BCUT2D eigenvalue weighted by Crippen LogP contribution is 2.36. The van der Waals surface area contributed by atoms with Crippen molar-refractivity contribution in [1.29, 1.82) is 0 Å². The molecule has 8 heteroatoms. The summed E-state index contributed by atoms with van der Waals surface area (Å²) in [5.74, 6) is 0.0424. The highest BCUT2D eigenvalue weighted by atomic mass is 35.5. The molecule has 2 aliphatic heterocycles. The third-order valence-corrected chi connectivity index (χ3v) is 7.28. The summed E-state index contributed by atoms with van der Waals surface area (Å²) in [5, 5.41) is 5.31. The number of aryl methyl sites for hydroxylation is 1. The number of halogens is 2. The van der Waals surface area contributed by atoms with E-state index in [-0.39, 0.29) is 17.9 Å². The minimum Gasteiger partial charge on any atom is -0.351 e. The number of benzene rings is 2. The van der Waals surface area contributed by atoms with Crippen LogP contribution in [0.1, 0.15) is 30.4 Å². The molecular formula is C25H29Cl2N3O3. The van der Waals surface area contributed by atoms with Gasteiger partial charge in [0.1, 0.15) is 0 Å². The molecule has 0 bridgehead atoms. The first kappa shape index (κ1) is 23.9. The summed E-state index contributed by atoms with van der Waals surface area (Å²) < 4.78 is 0. The van der Waals surface area contributed by atoms with Crippen molar-refractivity contribution in [3.63, 3.8) is 0 Å². The number of piperidine rings is 1. The summed E-state index contributed by atoms with van der Waals surface area (Å²) in [4.78, 5) is 31.8. The summed E-state index contributed by atoms with van der Waals surface area (Å²) >= 11 is 13.3. The molecule has 0 saturated carbocycles. The lowest BCUT2D eigenvalue weighted by Gasteiger charge is -2.35. The largest absolute Gasteiger partial charge is 0.426 e. The van der Waals surface area contributed by atoms with Gasteiger partial charge in [-0.15, -0.1) is 5.06 Å². The number of nitrogens with one attached hydrogen (secondary N) is 1. The zero-order valence-corrected chi connectivity index (χ0v) is 20.5. The van der Waals surface area contributed by atoms with E-state index < -0.39 is 6.09 Å². The topological polar surface area (TPSA) is 61.9 Å². The van der Waals surface area contributed by atoms with E-state index in [9.17, 15) is 9.59 Å². The summed E-state index contributed by atoms with van der Waals surface area (Å²) in [6.07, 6.45) is 2.43. The summed E-state index contributed by atoms with van der Waals surface area (Å²) in [6, 6.07) is 12.3. The maximum absolute atomic E-state index is 13.2. The zero-order valence-electron chi connectivity index (χ0n) is 18.9. The molecule has 33 heavy (non-hydrogen) atoms. The zero-order chi connectivity index (χ0) is 23.5. The Morgan fingerprint density at radius 2 is 1.67 bits per heavy atom. The van der Waals surface area contributed by atoms with Gasteiger partial charge in [-0.25, -0.2) is 4.79 Å². The number of carbonyl (C=O) groups is 2. The molecule has 2 fully saturated rings. The van der Waals surface area contributed by atoms with Crippen molar-refractivity contribution in [2.24, 2.45) is 5.92 Å². The summed E-state index contributed by atoms with van der Waals surface area (Å²) in [7, 11) is 1.53. The molecule has 176 valence electrons. The number of hydrogen-bond acceptors (Lipinski definition) is 4. The van der Waals surface area contributed by atoms with Gasteiger partial charge in [-0.3, -0.25) is 4.79 Å². The Labute approximate surface area is 204 Å². The fourth-order valence-corrected chi connectivity index (χ4v) is 5.32. The lowest BCUT2D eigenvalue weighted by molar-refractivity contribution is -0.140. The van der Waals surface area contributed by atoms with Crippen molar-refractivity contribution in [3.8, 4) is 11.1 Å². The second kappa shape index (κ2) is 10.3. The van der Waals surface area contributed by atoms with Gasteiger partial charge in [-0.2, -0.15) is 0 Å². The first-order valence-electron chi connectivity index (χ1n) is 11.4. The van der Waals surface area contributed by atoms with E-state index in [0.717, 1.165) is 42.5 Å². The van der Waals surface area contributed by atoms with Crippen molar-refractivity contribution in [2.75, 3.05) is 26.7 Å². The Bertz CT molecular complexity index is 997. The van der Waals surface area contributed by atoms with Gasteiger partial charge >= 0.3 is 6.09 Å². The smallest absolute Gasteiger partial charge is 0.351 e. The number of carbonyl (C=O) groups excluding carboxylic acids is 2. The van der Waals surface area contributed by atoms with E-state index in [1.165, 1.54) is 12.6 Å². The molecule has 1 N–H and O–H groups in total. The highest BCUT2D eigenvalue weighted by Gasteiger charge is 2.38. The lowest BCUT2D eigenvalue weighted by atomic mass is 9.95. The van der Waals surface area contributed by atoms with Crippen molar-refractivity contribution in [2.45, 2.75) is 38.6 Å². The first-order valence-corrected chi connectivity index (χ1v) is 12.1. The van der Waals surface area contributed by atoms with Crippen LogP contribution < -0.4 is 5.32 Å². The van der Waals surface area contributed by atoms with Gasteiger partial charge in [0.15, 0.2) is 0 Å². The normalized spacial score (nSPS) is 19.7. The second-order valence-corrected chi connectivity index (χ2v) is 9.61. The molecule has 2 aromatic rings. The maximum Gasteiger partial charge on any atom is 0.426 e. The number of hydroxylamine groups is 2. The highest BCUT2D eigenvalue weighted by molar-refractivity contribution is 6.36. The van der Waals surface area contributed by atoms with Crippen molar-refractivity contribution >= 4 is 35.2 Å². The molecule has 0 aliphatic carbocycles. The van der Waals surface area contributed by atoms with E-state index in [1.54, 1.807) is 5.06 Å². The SMILES string of the molecule is CNC(=O)ON1CCC(N2CCC(Cc3c(Cl)cc(-c4ccc(C)cc4)cc3Cl)C2=O)CC1. The molecule has 6 nitrogen and oxygen atoms in total. The number of rotatable bonds is 5.